The molecule has 1 aliphatic heterocycles. The Morgan fingerprint density at radius 3 is 2.65 bits per heavy atom. The molecule has 0 saturated carbocycles. The Morgan fingerprint density at radius 2 is 2.15 bits per heavy atom. The summed E-state index contributed by atoms with van der Waals surface area (Å²) in [5.74, 6) is 0. The van der Waals surface area contributed by atoms with Gasteiger partial charge in [0.2, 0.25) is 0 Å². The number of rotatable bonds is 4. The van der Waals surface area contributed by atoms with Gasteiger partial charge in [0.15, 0.2) is 5.13 Å². The summed E-state index contributed by atoms with van der Waals surface area (Å²) in [4.78, 5) is 5.46. The molecular weight excluding hydrogens is 287 g/mol. The Kier molecular flexibility index (Phi) is 4.70. The first-order chi connectivity index (χ1) is 9.34. The quantitative estimate of drug-likeness (QED) is 0.861. The number of piperidine rings is 1. The third-order valence-corrected chi connectivity index (χ3v) is 4.17. The van der Waals surface area contributed by atoms with Crippen molar-refractivity contribution < 1.29 is 13.2 Å². The first kappa shape index (κ1) is 15.3. The Balaban J connectivity index is 1.84. The number of aromatic nitrogens is 1. The molecule has 1 aromatic rings. The van der Waals surface area contributed by atoms with Crippen molar-refractivity contribution in [2.45, 2.75) is 32.0 Å². The third kappa shape index (κ3) is 4.21. The number of halogens is 3. The van der Waals surface area contributed by atoms with E-state index in [-0.39, 0.29) is 6.04 Å². The van der Waals surface area contributed by atoms with Crippen LogP contribution in [0.5, 0.6) is 0 Å². The van der Waals surface area contributed by atoms with Crippen molar-refractivity contribution in [2.24, 2.45) is 0 Å². The number of nitrogens with zero attached hydrogens (tertiary/aromatic N) is 2. The summed E-state index contributed by atoms with van der Waals surface area (Å²) in [6.07, 6.45) is -1.59. The fraction of sp³-hybridized carbons (Fsp3) is 0.615. The lowest BCUT2D eigenvalue weighted by atomic mass is 10.0. The zero-order chi connectivity index (χ0) is 14.8. The molecule has 0 aromatic carbocycles. The van der Waals surface area contributed by atoms with E-state index in [1.165, 1.54) is 0 Å². The highest BCUT2D eigenvalue weighted by Gasteiger charge is 2.33. The minimum atomic E-state index is -4.30. The van der Waals surface area contributed by atoms with Gasteiger partial charge in [0, 0.05) is 25.7 Å². The van der Waals surface area contributed by atoms with E-state index in [0.717, 1.165) is 44.2 Å². The molecule has 0 radical (unpaired) electrons. The van der Waals surface area contributed by atoms with Crippen molar-refractivity contribution in [2.75, 3.05) is 25.0 Å². The largest absolute Gasteiger partial charge is 0.427 e. The van der Waals surface area contributed by atoms with E-state index in [0.29, 0.717) is 16.5 Å². The van der Waals surface area contributed by atoms with Gasteiger partial charge in [-0.15, -0.1) is 0 Å². The molecule has 0 spiro atoms. The molecule has 1 saturated heterocycles. The Hall–Kier alpha value is -1.08. The SMILES string of the molecule is C=C(C)CN1CCC(Nc2ncc(C(F)(F)F)s2)CC1. The third-order valence-electron chi connectivity index (χ3n) is 3.19. The molecule has 1 aromatic heterocycles. The lowest BCUT2D eigenvalue weighted by Crippen LogP contribution is -2.39. The number of hydrogen-bond acceptors (Lipinski definition) is 4. The highest BCUT2D eigenvalue weighted by Crippen LogP contribution is 2.35. The lowest BCUT2D eigenvalue weighted by Gasteiger charge is -2.32. The zero-order valence-corrected chi connectivity index (χ0v) is 12.2. The minimum Gasteiger partial charge on any atom is -0.359 e. The van der Waals surface area contributed by atoms with Gasteiger partial charge in [-0.1, -0.05) is 23.5 Å². The summed E-state index contributed by atoms with van der Waals surface area (Å²) in [5.41, 5.74) is 1.13. The molecule has 112 valence electrons. The normalized spacial score (nSPS) is 18.2. The van der Waals surface area contributed by atoms with Crippen LogP contribution >= 0.6 is 11.3 Å². The monoisotopic (exact) mass is 305 g/mol. The summed E-state index contributed by atoms with van der Waals surface area (Å²) in [6, 6.07) is 0.198. The molecule has 0 aliphatic carbocycles. The maximum absolute atomic E-state index is 12.5. The lowest BCUT2D eigenvalue weighted by molar-refractivity contribution is -0.134. The van der Waals surface area contributed by atoms with Crippen LogP contribution in [0.1, 0.15) is 24.6 Å². The average Bonchev–Trinajstić information content (AvgIpc) is 2.79. The first-order valence-corrected chi connectivity index (χ1v) is 7.32. The van der Waals surface area contributed by atoms with E-state index in [9.17, 15) is 13.2 Å². The molecule has 1 fully saturated rings. The van der Waals surface area contributed by atoms with Crippen molar-refractivity contribution in [1.29, 1.82) is 0 Å². The second-order valence-electron chi connectivity index (χ2n) is 5.18. The Morgan fingerprint density at radius 1 is 1.50 bits per heavy atom. The number of thiazole rings is 1. The predicted octanol–water partition coefficient (Wildman–Crippen LogP) is 3.61. The number of likely N-dealkylation sites (tertiary alicyclic amines) is 1. The van der Waals surface area contributed by atoms with E-state index in [1.807, 2.05) is 6.92 Å². The first-order valence-electron chi connectivity index (χ1n) is 6.51. The zero-order valence-electron chi connectivity index (χ0n) is 11.3. The van der Waals surface area contributed by atoms with Gasteiger partial charge >= 0.3 is 6.18 Å². The van der Waals surface area contributed by atoms with Crippen molar-refractivity contribution in [3.63, 3.8) is 0 Å². The van der Waals surface area contributed by atoms with E-state index in [1.54, 1.807) is 0 Å². The summed E-state index contributed by atoms with van der Waals surface area (Å²) in [7, 11) is 0. The fourth-order valence-corrected chi connectivity index (χ4v) is 3.02. The van der Waals surface area contributed by atoms with Crippen molar-refractivity contribution in [3.05, 3.63) is 23.2 Å². The van der Waals surface area contributed by atoms with Gasteiger partial charge in [0.05, 0.1) is 6.20 Å². The highest BCUT2D eigenvalue weighted by atomic mass is 32.1. The molecule has 7 heteroatoms. The summed E-state index contributed by atoms with van der Waals surface area (Å²) in [5, 5.41) is 3.46. The van der Waals surface area contributed by atoms with Gasteiger partial charge in [0.25, 0.3) is 0 Å². The smallest absolute Gasteiger partial charge is 0.359 e. The second kappa shape index (κ2) is 6.13. The van der Waals surface area contributed by atoms with E-state index >= 15 is 0 Å². The van der Waals surface area contributed by atoms with Gasteiger partial charge in [-0.05, 0) is 19.8 Å². The second-order valence-corrected chi connectivity index (χ2v) is 6.21. The van der Waals surface area contributed by atoms with Crippen LogP contribution in [0.15, 0.2) is 18.3 Å². The van der Waals surface area contributed by atoms with Crippen LogP contribution < -0.4 is 5.32 Å². The number of alkyl halides is 3. The van der Waals surface area contributed by atoms with E-state index in [2.05, 4.69) is 21.8 Å². The topological polar surface area (TPSA) is 28.2 Å². The molecule has 0 unspecified atom stereocenters. The van der Waals surface area contributed by atoms with Crippen molar-refractivity contribution in [3.8, 4) is 0 Å². The van der Waals surface area contributed by atoms with Gasteiger partial charge in [-0.2, -0.15) is 13.2 Å². The predicted molar refractivity (Wildman–Crippen MR) is 75.0 cm³/mol. The van der Waals surface area contributed by atoms with Crippen LogP contribution in [-0.2, 0) is 6.18 Å². The van der Waals surface area contributed by atoms with Crippen LogP contribution in [-0.4, -0.2) is 35.6 Å². The maximum atomic E-state index is 12.5. The van der Waals surface area contributed by atoms with E-state index in [4.69, 9.17) is 0 Å². The maximum Gasteiger partial charge on any atom is 0.427 e. The fourth-order valence-electron chi connectivity index (χ4n) is 2.26. The van der Waals surface area contributed by atoms with Crippen LogP contribution in [0.4, 0.5) is 18.3 Å². The minimum absolute atomic E-state index is 0.198. The number of hydrogen-bond donors (Lipinski definition) is 1. The number of nitrogens with one attached hydrogen (secondary N) is 1. The van der Waals surface area contributed by atoms with Crippen LogP contribution in [0.25, 0.3) is 0 Å². The molecule has 0 amide bonds. The summed E-state index contributed by atoms with van der Waals surface area (Å²) >= 11 is 0.670. The van der Waals surface area contributed by atoms with Crippen LogP contribution in [0, 0.1) is 0 Å². The molecule has 1 N–H and O–H groups in total. The summed E-state index contributed by atoms with van der Waals surface area (Å²) < 4.78 is 37.4. The Labute approximate surface area is 120 Å². The van der Waals surface area contributed by atoms with Gasteiger partial charge < -0.3 is 5.32 Å². The Bertz CT molecular complexity index is 462. The van der Waals surface area contributed by atoms with E-state index < -0.39 is 11.1 Å². The molecular formula is C13H18F3N3S. The molecule has 0 bridgehead atoms. The molecule has 3 nitrogen and oxygen atoms in total. The standard InChI is InChI=1S/C13H18F3N3S/c1-9(2)8-19-5-3-10(4-6-19)18-12-17-7-11(20-12)13(14,15)16/h7,10H,1,3-6,8H2,2H3,(H,17,18). The van der Waals surface area contributed by atoms with Crippen LogP contribution in [0.3, 0.4) is 0 Å². The van der Waals surface area contributed by atoms with Crippen molar-refractivity contribution in [1.82, 2.24) is 9.88 Å². The molecule has 20 heavy (non-hydrogen) atoms. The van der Waals surface area contributed by atoms with Crippen molar-refractivity contribution >= 4 is 16.5 Å². The summed E-state index contributed by atoms with van der Waals surface area (Å²) in [6.45, 7) is 8.64. The van der Waals surface area contributed by atoms with Gasteiger partial charge in [-0.25, -0.2) is 4.98 Å². The molecule has 2 heterocycles. The van der Waals surface area contributed by atoms with Gasteiger partial charge in [-0.3, -0.25) is 4.90 Å². The number of anilines is 1. The highest BCUT2D eigenvalue weighted by molar-refractivity contribution is 7.15. The molecule has 2 rings (SSSR count). The van der Waals surface area contributed by atoms with Gasteiger partial charge in [0.1, 0.15) is 4.88 Å². The van der Waals surface area contributed by atoms with Crippen LogP contribution in [0.2, 0.25) is 0 Å². The molecule has 0 atom stereocenters. The average molecular weight is 305 g/mol. The molecule has 1 aliphatic rings.